The van der Waals surface area contributed by atoms with Crippen LogP contribution in [0.2, 0.25) is 0 Å². The number of furan rings is 1. The average molecular weight is 842 g/mol. The molecule has 0 spiro atoms. The molecule has 0 N–H and O–H groups in total. The first-order valence-electron chi connectivity index (χ1n) is 22.6. The molecule has 0 aliphatic rings. The summed E-state index contributed by atoms with van der Waals surface area (Å²) < 4.78 is 6.60. The molecule has 12 rings (SSSR count). The van der Waals surface area contributed by atoms with E-state index in [2.05, 4.69) is 260 Å². The molecule has 2 nitrogen and oxygen atoms in total. The summed E-state index contributed by atoms with van der Waals surface area (Å²) in [6, 6.07) is 93.7. The molecule has 66 heavy (non-hydrogen) atoms. The molecular weight excluding hydrogens is 799 g/mol. The molecule has 12 aromatic rings. The van der Waals surface area contributed by atoms with Crippen molar-refractivity contribution in [1.82, 2.24) is 0 Å². The Kier molecular flexibility index (Phi) is 9.89. The third kappa shape index (κ3) is 7.31. The van der Waals surface area contributed by atoms with Crippen molar-refractivity contribution in [1.29, 1.82) is 0 Å². The van der Waals surface area contributed by atoms with E-state index in [0.29, 0.717) is 0 Å². The number of nitrogens with zero attached hydrogens (tertiary/aromatic N) is 1. The number of rotatable bonds is 9. The van der Waals surface area contributed by atoms with Gasteiger partial charge in [-0.2, -0.15) is 0 Å². The minimum absolute atomic E-state index is 0.878. The number of hydrogen-bond acceptors (Lipinski definition) is 2. The van der Waals surface area contributed by atoms with Crippen molar-refractivity contribution in [2.75, 3.05) is 4.90 Å². The first kappa shape index (κ1) is 38.9. The van der Waals surface area contributed by atoms with Gasteiger partial charge in [0.1, 0.15) is 11.3 Å². The van der Waals surface area contributed by atoms with Crippen molar-refractivity contribution in [3.8, 4) is 67.0 Å². The van der Waals surface area contributed by atoms with Gasteiger partial charge in [0.05, 0.1) is 0 Å². The summed E-state index contributed by atoms with van der Waals surface area (Å²) >= 11 is 0. The van der Waals surface area contributed by atoms with Gasteiger partial charge in [0, 0.05) is 33.6 Å². The van der Waals surface area contributed by atoms with E-state index in [9.17, 15) is 0 Å². The lowest BCUT2D eigenvalue weighted by molar-refractivity contribution is 0.632. The van der Waals surface area contributed by atoms with E-state index in [1.165, 1.54) is 54.9 Å². The molecule has 0 aliphatic carbocycles. The monoisotopic (exact) mass is 841 g/mol. The van der Waals surface area contributed by atoms with E-state index < -0.39 is 0 Å². The fourth-order valence-electron chi connectivity index (χ4n) is 9.52. The summed E-state index contributed by atoms with van der Waals surface area (Å²) in [6.45, 7) is 0. The van der Waals surface area contributed by atoms with Crippen LogP contribution in [0.3, 0.4) is 0 Å². The quantitative estimate of drug-likeness (QED) is 0.144. The van der Waals surface area contributed by atoms with E-state index in [1.807, 2.05) is 6.07 Å². The van der Waals surface area contributed by atoms with Gasteiger partial charge in [-0.1, -0.05) is 206 Å². The Hall–Kier alpha value is -8.72. The molecule has 0 radical (unpaired) electrons. The average Bonchev–Trinajstić information content (AvgIpc) is 3.79. The Morgan fingerprint density at radius 1 is 0.258 bits per heavy atom. The van der Waals surface area contributed by atoms with E-state index in [0.717, 1.165) is 61.6 Å². The van der Waals surface area contributed by atoms with Crippen molar-refractivity contribution in [3.05, 3.63) is 261 Å². The number of para-hydroxylation sites is 1. The van der Waals surface area contributed by atoms with Crippen LogP contribution in [0.4, 0.5) is 17.1 Å². The first-order chi connectivity index (χ1) is 32.7. The van der Waals surface area contributed by atoms with Gasteiger partial charge in [-0.15, -0.1) is 0 Å². The predicted molar refractivity (Wildman–Crippen MR) is 279 cm³/mol. The summed E-state index contributed by atoms with van der Waals surface area (Å²) in [5.41, 5.74) is 16.9. The number of anilines is 3. The van der Waals surface area contributed by atoms with Crippen molar-refractivity contribution in [2.24, 2.45) is 0 Å². The number of hydrogen-bond donors (Lipinski definition) is 0. The molecule has 0 atom stereocenters. The van der Waals surface area contributed by atoms with Crippen LogP contribution in [-0.2, 0) is 0 Å². The maximum absolute atomic E-state index is 6.60. The van der Waals surface area contributed by atoms with E-state index in [1.54, 1.807) is 0 Å². The molecule has 0 saturated carbocycles. The molecule has 0 aliphatic heterocycles. The molecule has 0 unspecified atom stereocenters. The lowest BCUT2D eigenvalue weighted by Gasteiger charge is -2.26. The standard InChI is InChI=1S/C64H43NO/c1-2-14-51(15-3-1)63-61-21-8-9-23-62(61)66-64(63)55-19-10-18-53(43-55)47-32-38-57(39-33-47)65(58-40-34-48(35-41-58)54-29-26-44-12-4-5-16-52(44)42-54)56-36-30-46(31-37-56)45-24-27-50(28-25-45)60-22-11-17-49-13-6-7-20-59(49)60/h1-43H. The first-order valence-corrected chi connectivity index (χ1v) is 22.6. The zero-order valence-corrected chi connectivity index (χ0v) is 36.2. The van der Waals surface area contributed by atoms with Crippen molar-refractivity contribution in [3.63, 3.8) is 0 Å². The van der Waals surface area contributed by atoms with Gasteiger partial charge >= 0.3 is 0 Å². The lowest BCUT2D eigenvalue weighted by atomic mass is 9.96. The van der Waals surface area contributed by atoms with E-state index in [4.69, 9.17) is 4.42 Å². The molecule has 0 bridgehead atoms. The molecule has 0 fully saturated rings. The zero-order chi connectivity index (χ0) is 43.8. The fraction of sp³-hybridized carbons (Fsp3) is 0. The SMILES string of the molecule is c1ccc(-c2c(-c3cccc(-c4ccc(N(c5ccc(-c6ccc(-c7cccc8ccccc78)cc6)cc5)c5ccc(-c6ccc7ccccc7c6)cc5)cc4)c3)oc3ccccc23)cc1. The highest BCUT2D eigenvalue weighted by atomic mass is 16.3. The second-order valence-corrected chi connectivity index (χ2v) is 16.9. The highest BCUT2D eigenvalue weighted by Gasteiger charge is 2.19. The van der Waals surface area contributed by atoms with E-state index >= 15 is 0 Å². The van der Waals surface area contributed by atoms with E-state index in [-0.39, 0.29) is 0 Å². The van der Waals surface area contributed by atoms with Gasteiger partial charge in [-0.05, 0) is 126 Å². The predicted octanol–water partition coefficient (Wildman–Crippen LogP) is 18.2. The maximum Gasteiger partial charge on any atom is 0.143 e. The Labute approximate surface area is 384 Å². The second-order valence-electron chi connectivity index (χ2n) is 16.9. The number of benzene rings is 11. The summed E-state index contributed by atoms with van der Waals surface area (Å²) in [5.74, 6) is 0.878. The van der Waals surface area contributed by atoms with Crippen LogP contribution in [-0.4, -0.2) is 0 Å². The second kappa shape index (κ2) is 16.8. The molecule has 2 heteroatoms. The van der Waals surface area contributed by atoms with Crippen LogP contribution in [0.5, 0.6) is 0 Å². The van der Waals surface area contributed by atoms with Crippen LogP contribution in [0.1, 0.15) is 0 Å². The van der Waals surface area contributed by atoms with Crippen molar-refractivity contribution < 1.29 is 4.42 Å². The summed E-state index contributed by atoms with van der Waals surface area (Å²) in [4.78, 5) is 2.35. The Balaban J connectivity index is 0.884. The highest BCUT2D eigenvalue weighted by Crippen LogP contribution is 2.43. The summed E-state index contributed by atoms with van der Waals surface area (Å²) in [7, 11) is 0. The van der Waals surface area contributed by atoms with Crippen LogP contribution < -0.4 is 4.90 Å². The Morgan fingerprint density at radius 2 is 0.712 bits per heavy atom. The summed E-state index contributed by atoms with van der Waals surface area (Å²) in [6.07, 6.45) is 0. The van der Waals surface area contributed by atoms with Crippen LogP contribution >= 0.6 is 0 Å². The van der Waals surface area contributed by atoms with Crippen LogP contribution in [0, 0.1) is 0 Å². The van der Waals surface area contributed by atoms with Crippen LogP contribution in [0.25, 0.3) is 99.5 Å². The molecular formula is C64H43NO. The third-order valence-electron chi connectivity index (χ3n) is 12.9. The van der Waals surface area contributed by atoms with Gasteiger partial charge in [-0.25, -0.2) is 0 Å². The summed E-state index contributed by atoms with van der Waals surface area (Å²) in [5, 5.41) is 6.12. The van der Waals surface area contributed by atoms with Crippen molar-refractivity contribution >= 4 is 49.6 Å². The lowest BCUT2D eigenvalue weighted by Crippen LogP contribution is -2.09. The van der Waals surface area contributed by atoms with Gasteiger partial charge in [0.2, 0.25) is 0 Å². The van der Waals surface area contributed by atoms with Gasteiger partial charge in [0.15, 0.2) is 0 Å². The molecule has 0 saturated heterocycles. The minimum atomic E-state index is 0.878. The van der Waals surface area contributed by atoms with Gasteiger partial charge in [0.25, 0.3) is 0 Å². The largest absolute Gasteiger partial charge is 0.455 e. The Morgan fingerprint density at radius 3 is 1.39 bits per heavy atom. The smallest absolute Gasteiger partial charge is 0.143 e. The molecule has 310 valence electrons. The Bertz CT molecular complexity index is 3660. The van der Waals surface area contributed by atoms with Crippen molar-refractivity contribution in [2.45, 2.75) is 0 Å². The third-order valence-corrected chi connectivity index (χ3v) is 12.9. The molecule has 1 aromatic heterocycles. The normalized spacial score (nSPS) is 11.3. The topological polar surface area (TPSA) is 16.4 Å². The molecule has 1 heterocycles. The van der Waals surface area contributed by atoms with Gasteiger partial charge in [-0.3, -0.25) is 0 Å². The molecule has 11 aromatic carbocycles. The fourth-order valence-corrected chi connectivity index (χ4v) is 9.52. The maximum atomic E-state index is 6.60. The molecule has 0 amide bonds. The highest BCUT2D eigenvalue weighted by molar-refractivity contribution is 6.02. The minimum Gasteiger partial charge on any atom is -0.455 e. The number of fused-ring (bicyclic) bond motifs is 3. The zero-order valence-electron chi connectivity index (χ0n) is 36.2. The van der Waals surface area contributed by atoms with Gasteiger partial charge < -0.3 is 9.32 Å². The van der Waals surface area contributed by atoms with Crippen LogP contribution in [0.15, 0.2) is 265 Å².